The summed E-state index contributed by atoms with van der Waals surface area (Å²) < 4.78 is 15.4. The molecule has 1 atom stereocenters. The van der Waals surface area contributed by atoms with Crippen molar-refractivity contribution in [3.05, 3.63) is 58.9 Å². The number of amides is 3. The predicted molar refractivity (Wildman–Crippen MR) is 126 cm³/mol. The zero-order valence-electron chi connectivity index (χ0n) is 18.9. The number of hydrogen-bond acceptors (Lipinski definition) is 3. The zero-order valence-corrected chi connectivity index (χ0v) is 19.7. The topological polar surface area (TPSA) is 57.6 Å². The van der Waals surface area contributed by atoms with Crippen LogP contribution in [0.1, 0.15) is 43.7 Å². The second-order valence-electron chi connectivity index (χ2n) is 9.40. The van der Waals surface area contributed by atoms with Gasteiger partial charge >= 0.3 is 6.03 Å². The highest BCUT2D eigenvalue weighted by atomic mass is 32.1. The van der Waals surface area contributed by atoms with Gasteiger partial charge < -0.3 is 19.7 Å². The van der Waals surface area contributed by atoms with Gasteiger partial charge in [0, 0.05) is 43.1 Å². The average molecular weight is 457 g/mol. The number of nitrogens with zero attached hydrogens (tertiary/aromatic N) is 3. The Labute approximate surface area is 191 Å². The van der Waals surface area contributed by atoms with Crippen LogP contribution in [0, 0.1) is 5.82 Å². The van der Waals surface area contributed by atoms with Crippen LogP contribution in [0.15, 0.2) is 41.8 Å². The Morgan fingerprint density at radius 1 is 1.16 bits per heavy atom. The van der Waals surface area contributed by atoms with Crippen LogP contribution >= 0.6 is 11.3 Å². The summed E-state index contributed by atoms with van der Waals surface area (Å²) in [7, 11) is 0. The Bertz CT molecular complexity index is 1130. The van der Waals surface area contributed by atoms with E-state index in [1.807, 2.05) is 54.7 Å². The molecule has 8 heteroatoms. The van der Waals surface area contributed by atoms with Gasteiger partial charge in [0.05, 0.1) is 0 Å². The van der Waals surface area contributed by atoms with E-state index in [0.29, 0.717) is 31.9 Å². The van der Waals surface area contributed by atoms with Gasteiger partial charge in [-0.15, -0.1) is 11.3 Å². The first-order valence-electron chi connectivity index (χ1n) is 10.8. The van der Waals surface area contributed by atoms with E-state index in [1.165, 1.54) is 12.1 Å². The van der Waals surface area contributed by atoms with E-state index in [4.69, 9.17) is 0 Å². The lowest BCUT2D eigenvalue weighted by Crippen LogP contribution is -2.59. The molecule has 0 unspecified atom stereocenters. The van der Waals surface area contributed by atoms with Crippen molar-refractivity contribution < 1.29 is 14.0 Å². The standard InChI is InChI=1S/C24H29FN4O2S/c1-16-14-27(10-11-28(16)23(31)26-24(2,3)4)21(30)20-13-18-9-12-32-22(18)29(20)15-17-5-7-19(25)8-6-17/h5-9,12-13,16H,10-11,14-15H2,1-4H3,(H,26,31)/t16-/m0/s1. The van der Waals surface area contributed by atoms with E-state index >= 15 is 0 Å². The Morgan fingerprint density at radius 2 is 1.88 bits per heavy atom. The van der Waals surface area contributed by atoms with Gasteiger partial charge in [-0.25, -0.2) is 9.18 Å². The fourth-order valence-corrected chi connectivity index (χ4v) is 4.98. The monoisotopic (exact) mass is 456 g/mol. The molecule has 32 heavy (non-hydrogen) atoms. The van der Waals surface area contributed by atoms with E-state index < -0.39 is 0 Å². The first-order valence-corrected chi connectivity index (χ1v) is 11.7. The Kier molecular flexibility index (Phi) is 5.99. The molecular formula is C24H29FN4O2S. The first-order chi connectivity index (χ1) is 15.1. The van der Waals surface area contributed by atoms with Crippen LogP contribution in [0.3, 0.4) is 0 Å². The normalized spacial score (nSPS) is 17.1. The quantitative estimate of drug-likeness (QED) is 0.629. The number of carbonyl (C=O) groups is 2. The number of hydrogen-bond donors (Lipinski definition) is 1. The van der Waals surface area contributed by atoms with Crippen LogP contribution in [-0.4, -0.2) is 57.5 Å². The average Bonchev–Trinajstić information content (AvgIpc) is 3.30. The number of nitrogens with one attached hydrogen (secondary N) is 1. The summed E-state index contributed by atoms with van der Waals surface area (Å²) in [6.07, 6.45) is 0. The second-order valence-corrected chi connectivity index (χ2v) is 10.3. The van der Waals surface area contributed by atoms with Gasteiger partial charge in [0.25, 0.3) is 5.91 Å². The molecule has 170 valence electrons. The highest BCUT2D eigenvalue weighted by Gasteiger charge is 2.32. The van der Waals surface area contributed by atoms with Gasteiger partial charge in [0.2, 0.25) is 0 Å². The number of halogens is 1. The molecule has 3 heterocycles. The van der Waals surface area contributed by atoms with Crippen LogP contribution in [0.25, 0.3) is 10.2 Å². The SMILES string of the molecule is C[C@H]1CN(C(=O)c2cc3ccsc3n2Cc2ccc(F)cc2)CCN1C(=O)NC(C)(C)C. The van der Waals surface area contributed by atoms with Gasteiger partial charge in [0.15, 0.2) is 0 Å². The van der Waals surface area contributed by atoms with Gasteiger partial charge in [-0.3, -0.25) is 4.79 Å². The summed E-state index contributed by atoms with van der Waals surface area (Å²) in [5, 5.41) is 6.04. The van der Waals surface area contributed by atoms with E-state index in [-0.39, 0.29) is 29.3 Å². The summed E-state index contributed by atoms with van der Waals surface area (Å²) in [4.78, 5) is 30.8. The molecule has 3 amide bonds. The van der Waals surface area contributed by atoms with Gasteiger partial charge in [-0.2, -0.15) is 0 Å². The molecule has 3 aromatic rings. The Morgan fingerprint density at radius 3 is 2.53 bits per heavy atom. The largest absolute Gasteiger partial charge is 0.334 e. The maximum Gasteiger partial charge on any atom is 0.318 e. The minimum Gasteiger partial charge on any atom is -0.334 e. The number of carbonyl (C=O) groups excluding carboxylic acids is 2. The first kappa shape index (κ1) is 22.3. The van der Waals surface area contributed by atoms with Crippen LogP contribution < -0.4 is 5.32 Å². The van der Waals surface area contributed by atoms with Crippen molar-refractivity contribution in [2.45, 2.75) is 45.8 Å². The molecule has 0 spiro atoms. The molecule has 0 bridgehead atoms. The minimum atomic E-state index is -0.309. The molecule has 2 aromatic heterocycles. The lowest BCUT2D eigenvalue weighted by molar-refractivity contribution is 0.0564. The third-order valence-electron chi connectivity index (χ3n) is 5.63. The van der Waals surface area contributed by atoms with E-state index in [9.17, 15) is 14.0 Å². The van der Waals surface area contributed by atoms with Crippen molar-refractivity contribution in [1.82, 2.24) is 19.7 Å². The molecule has 4 rings (SSSR count). The van der Waals surface area contributed by atoms with Crippen LogP contribution in [-0.2, 0) is 6.54 Å². The van der Waals surface area contributed by atoms with Crippen molar-refractivity contribution in [2.24, 2.45) is 0 Å². The van der Waals surface area contributed by atoms with Crippen molar-refractivity contribution in [1.29, 1.82) is 0 Å². The number of piperazine rings is 1. The second kappa shape index (κ2) is 8.58. The molecule has 1 aromatic carbocycles. The number of benzene rings is 1. The summed E-state index contributed by atoms with van der Waals surface area (Å²) in [6.45, 7) is 9.78. The summed E-state index contributed by atoms with van der Waals surface area (Å²) in [6, 6.07) is 10.1. The Hall–Kier alpha value is -2.87. The van der Waals surface area contributed by atoms with E-state index in [0.717, 1.165) is 15.8 Å². The lowest BCUT2D eigenvalue weighted by atomic mass is 10.1. The molecule has 1 aliphatic rings. The fraction of sp³-hybridized carbons (Fsp3) is 0.417. The number of urea groups is 1. The van der Waals surface area contributed by atoms with Crippen LogP contribution in [0.5, 0.6) is 0 Å². The van der Waals surface area contributed by atoms with E-state index in [1.54, 1.807) is 28.4 Å². The number of thiophene rings is 1. The van der Waals surface area contributed by atoms with E-state index in [2.05, 4.69) is 5.32 Å². The summed E-state index contributed by atoms with van der Waals surface area (Å²) in [5.41, 5.74) is 1.25. The van der Waals surface area contributed by atoms with Crippen LogP contribution in [0.2, 0.25) is 0 Å². The molecule has 1 N–H and O–H groups in total. The molecule has 1 aliphatic heterocycles. The fourth-order valence-electron chi connectivity index (χ4n) is 4.08. The van der Waals surface area contributed by atoms with Crippen molar-refractivity contribution in [2.75, 3.05) is 19.6 Å². The van der Waals surface area contributed by atoms with Gasteiger partial charge in [-0.05, 0) is 62.9 Å². The third kappa shape index (κ3) is 4.65. The van der Waals surface area contributed by atoms with Crippen LogP contribution in [0.4, 0.5) is 9.18 Å². The Balaban J connectivity index is 1.54. The minimum absolute atomic E-state index is 0.0433. The highest BCUT2D eigenvalue weighted by molar-refractivity contribution is 7.16. The van der Waals surface area contributed by atoms with Crippen molar-refractivity contribution in [3.8, 4) is 0 Å². The molecule has 6 nitrogen and oxygen atoms in total. The molecule has 0 saturated carbocycles. The van der Waals surface area contributed by atoms with Crippen molar-refractivity contribution >= 4 is 33.5 Å². The summed E-state index contributed by atoms with van der Waals surface area (Å²) >= 11 is 1.59. The van der Waals surface area contributed by atoms with Gasteiger partial charge in [0.1, 0.15) is 16.3 Å². The third-order valence-corrected chi connectivity index (χ3v) is 6.58. The van der Waals surface area contributed by atoms with Gasteiger partial charge in [-0.1, -0.05) is 12.1 Å². The number of rotatable bonds is 3. The molecular weight excluding hydrogens is 427 g/mol. The zero-order chi connectivity index (χ0) is 23.0. The number of fused-ring (bicyclic) bond motifs is 1. The maximum absolute atomic E-state index is 13.5. The van der Waals surface area contributed by atoms with Crippen molar-refractivity contribution in [3.63, 3.8) is 0 Å². The number of aromatic nitrogens is 1. The smallest absolute Gasteiger partial charge is 0.318 e. The predicted octanol–water partition coefficient (Wildman–Crippen LogP) is 4.54. The lowest BCUT2D eigenvalue weighted by Gasteiger charge is -2.41. The molecule has 1 fully saturated rings. The highest BCUT2D eigenvalue weighted by Crippen LogP contribution is 2.28. The molecule has 0 aliphatic carbocycles. The molecule has 0 radical (unpaired) electrons. The molecule has 1 saturated heterocycles. The maximum atomic E-state index is 13.5. The summed E-state index contributed by atoms with van der Waals surface area (Å²) in [5.74, 6) is -0.320.